The highest BCUT2D eigenvalue weighted by atomic mass is 16.5. The van der Waals surface area contributed by atoms with Crippen LogP contribution in [0.2, 0.25) is 0 Å². The first-order valence-corrected chi connectivity index (χ1v) is 6.49. The van der Waals surface area contributed by atoms with Crippen LogP contribution in [0.1, 0.15) is 56.8 Å². The maximum atomic E-state index is 11.2. The molecule has 0 bridgehead atoms. The van der Waals surface area contributed by atoms with Gasteiger partial charge in [-0.3, -0.25) is 4.79 Å². The van der Waals surface area contributed by atoms with E-state index in [9.17, 15) is 9.90 Å². The molecule has 0 aliphatic heterocycles. The second-order valence-electron chi connectivity index (χ2n) is 5.31. The van der Waals surface area contributed by atoms with E-state index < -0.39 is 0 Å². The molecule has 1 atom stereocenters. The van der Waals surface area contributed by atoms with Crippen molar-refractivity contribution in [1.29, 1.82) is 0 Å². The summed E-state index contributed by atoms with van der Waals surface area (Å²) in [6.07, 6.45) is 1.83. The van der Waals surface area contributed by atoms with E-state index in [1.165, 1.54) is 6.92 Å². The zero-order valence-electron chi connectivity index (χ0n) is 11.1. The summed E-state index contributed by atoms with van der Waals surface area (Å²) in [5.74, 6) is 0.608. The average Bonchev–Trinajstić information content (AvgIpc) is 3.09. The number of hydrogen-bond donors (Lipinski definition) is 1. The average molecular weight is 248 g/mol. The number of rotatable bonds is 4. The molecule has 1 N–H and O–H groups in total. The number of hydrogen-bond acceptors (Lipinski definition) is 3. The SMILES string of the molecule is CC(=O)OC(c1cccc(C(C)C)c1O)C1CC1. The number of carbonyl (C=O) groups excluding carboxylic acids is 1. The van der Waals surface area contributed by atoms with Crippen LogP contribution in [-0.4, -0.2) is 11.1 Å². The third-order valence-corrected chi connectivity index (χ3v) is 3.37. The minimum atomic E-state index is -0.291. The minimum Gasteiger partial charge on any atom is -0.507 e. The lowest BCUT2D eigenvalue weighted by molar-refractivity contribution is -0.147. The Balaban J connectivity index is 2.35. The Bertz CT molecular complexity index is 447. The van der Waals surface area contributed by atoms with Crippen molar-refractivity contribution in [1.82, 2.24) is 0 Å². The van der Waals surface area contributed by atoms with Gasteiger partial charge in [0.1, 0.15) is 11.9 Å². The van der Waals surface area contributed by atoms with E-state index in [0.717, 1.165) is 24.0 Å². The van der Waals surface area contributed by atoms with Gasteiger partial charge < -0.3 is 9.84 Å². The Morgan fingerprint density at radius 3 is 2.44 bits per heavy atom. The van der Waals surface area contributed by atoms with Crippen LogP contribution in [0.3, 0.4) is 0 Å². The van der Waals surface area contributed by atoms with Crippen LogP contribution in [0.25, 0.3) is 0 Å². The van der Waals surface area contributed by atoms with Crippen LogP contribution in [0.15, 0.2) is 18.2 Å². The highest BCUT2D eigenvalue weighted by Gasteiger charge is 2.36. The van der Waals surface area contributed by atoms with Gasteiger partial charge in [0.15, 0.2) is 0 Å². The monoisotopic (exact) mass is 248 g/mol. The van der Waals surface area contributed by atoms with E-state index in [1.54, 1.807) is 0 Å². The molecule has 0 heterocycles. The smallest absolute Gasteiger partial charge is 0.303 e. The van der Waals surface area contributed by atoms with Crippen LogP contribution in [-0.2, 0) is 9.53 Å². The molecule has 0 aromatic heterocycles. The summed E-state index contributed by atoms with van der Waals surface area (Å²) < 4.78 is 5.38. The van der Waals surface area contributed by atoms with Gasteiger partial charge in [0.05, 0.1) is 0 Å². The van der Waals surface area contributed by atoms with Gasteiger partial charge in [-0.2, -0.15) is 0 Å². The summed E-state index contributed by atoms with van der Waals surface area (Å²) in [5, 5.41) is 10.3. The first kappa shape index (κ1) is 12.9. The van der Waals surface area contributed by atoms with Gasteiger partial charge in [0.2, 0.25) is 0 Å². The van der Waals surface area contributed by atoms with Gasteiger partial charge >= 0.3 is 5.97 Å². The number of para-hydroxylation sites is 1. The zero-order valence-corrected chi connectivity index (χ0v) is 11.1. The van der Waals surface area contributed by atoms with Crippen molar-refractivity contribution < 1.29 is 14.6 Å². The Morgan fingerprint density at radius 1 is 1.33 bits per heavy atom. The topological polar surface area (TPSA) is 46.5 Å². The van der Waals surface area contributed by atoms with Gasteiger partial charge in [-0.1, -0.05) is 32.0 Å². The molecule has 1 unspecified atom stereocenters. The molecule has 1 aliphatic rings. The van der Waals surface area contributed by atoms with E-state index >= 15 is 0 Å². The van der Waals surface area contributed by atoms with E-state index in [2.05, 4.69) is 0 Å². The Morgan fingerprint density at radius 2 is 1.94 bits per heavy atom. The number of ether oxygens (including phenoxy) is 1. The Kier molecular flexibility index (Phi) is 3.60. The molecule has 1 saturated carbocycles. The lowest BCUT2D eigenvalue weighted by Gasteiger charge is -2.20. The number of benzene rings is 1. The highest BCUT2D eigenvalue weighted by Crippen LogP contribution is 2.46. The van der Waals surface area contributed by atoms with E-state index in [4.69, 9.17) is 4.74 Å². The van der Waals surface area contributed by atoms with Crippen molar-refractivity contribution in [3.8, 4) is 5.75 Å². The van der Waals surface area contributed by atoms with Crippen LogP contribution in [0.4, 0.5) is 0 Å². The molecule has 98 valence electrons. The maximum absolute atomic E-state index is 11.2. The molecule has 3 heteroatoms. The van der Waals surface area contributed by atoms with Crippen molar-refractivity contribution in [3.05, 3.63) is 29.3 Å². The summed E-state index contributed by atoms with van der Waals surface area (Å²) in [7, 11) is 0. The van der Waals surface area contributed by atoms with Crippen LogP contribution in [0, 0.1) is 5.92 Å². The van der Waals surface area contributed by atoms with Crippen molar-refractivity contribution in [2.24, 2.45) is 5.92 Å². The van der Waals surface area contributed by atoms with Crippen molar-refractivity contribution in [2.45, 2.75) is 45.6 Å². The number of phenols is 1. The lowest BCUT2D eigenvalue weighted by Crippen LogP contribution is -2.11. The molecule has 0 spiro atoms. The predicted molar refractivity (Wildman–Crippen MR) is 69.4 cm³/mol. The molecule has 2 rings (SSSR count). The summed E-state index contributed by atoms with van der Waals surface area (Å²) in [4.78, 5) is 11.2. The second kappa shape index (κ2) is 5.01. The standard InChI is InChI=1S/C15H20O3/c1-9(2)12-5-4-6-13(14(12)17)15(11-7-8-11)18-10(3)16/h4-6,9,11,15,17H,7-8H2,1-3H3. The fourth-order valence-corrected chi connectivity index (χ4v) is 2.27. The largest absolute Gasteiger partial charge is 0.507 e. The third kappa shape index (κ3) is 2.66. The summed E-state index contributed by atoms with van der Waals surface area (Å²) in [6.45, 7) is 5.49. The molecule has 1 aliphatic carbocycles. The lowest BCUT2D eigenvalue weighted by atomic mass is 9.95. The summed E-state index contributed by atoms with van der Waals surface area (Å²) in [6, 6.07) is 5.69. The Hall–Kier alpha value is -1.51. The van der Waals surface area contributed by atoms with Gasteiger partial charge in [-0.05, 0) is 24.3 Å². The number of aromatic hydroxyl groups is 1. The van der Waals surface area contributed by atoms with Crippen molar-refractivity contribution in [2.75, 3.05) is 0 Å². The number of phenolic OH excluding ortho intramolecular Hbond substituents is 1. The molecular weight excluding hydrogens is 228 g/mol. The summed E-state index contributed by atoms with van der Waals surface area (Å²) in [5.41, 5.74) is 1.66. The van der Waals surface area contributed by atoms with Crippen molar-refractivity contribution in [3.63, 3.8) is 0 Å². The van der Waals surface area contributed by atoms with Gasteiger partial charge in [0, 0.05) is 18.4 Å². The number of esters is 1. The van der Waals surface area contributed by atoms with Crippen LogP contribution < -0.4 is 0 Å². The first-order valence-electron chi connectivity index (χ1n) is 6.49. The Labute approximate surface area is 108 Å². The third-order valence-electron chi connectivity index (χ3n) is 3.37. The molecule has 1 aromatic carbocycles. The molecule has 0 amide bonds. The van der Waals surface area contributed by atoms with Crippen LogP contribution >= 0.6 is 0 Å². The molecule has 0 saturated heterocycles. The zero-order chi connectivity index (χ0) is 13.3. The van der Waals surface area contributed by atoms with E-state index in [0.29, 0.717) is 5.92 Å². The molecule has 0 radical (unpaired) electrons. The maximum Gasteiger partial charge on any atom is 0.303 e. The van der Waals surface area contributed by atoms with Gasteiger partial charge in [-0.25, -0.2) is 0 Å². The quantitative estimate of drug-likeness (QED) is 0.829. The molecule has 1 aromatic rings. The predicted octanol–water partition coefficient (Wildman–Crippen LogP) is 3.53. The fourth-order valence-electron chi connectivity index (χ4n) is 2.27. The van der Waals surface area contributed by atoms with Gasteiger partial charge in [-0.15, -0.1) is 0 Å². The van der Waals surface area contributed by atoms with E-state index in [1.807, 2.05) is 32.0 Å². The number of carbonyl (C=O) groups is 1. The van der Waals surface area contributed by atoms with Crippen LogP contribution in [0.5, 0.6) is 5.75 Å². The highest BCUT2D eigenvalue weighted by molar-refractivity contribution is 5.66. The molecular formula is C15H20O3. The first-order chi connectivity index (χ1) is 8.50. The van der Waals surface area contributed by atoms with E-state index in [-0.39, 0.29) is 23.7 Å². The minimum absolute atomic E-state index is 0.252. The molecule has 18 heavy (non-hydrogen) atoms. The van der Waals surface area contributed by atoms with Crippen molar-refractivity contribution >= 4 is 5.97 Å². The molecule has 3 nitrogen and oxygen atoms in total. The summed E-state index contributed by atoms with van der Waals surface area (Å²) >= 11 is 0. The fraction of sp³-hybridized carbons (Fsp3) is 0.533. The second-order valence-corrected chi connectivity index (χ2v) is 5.31. The molecule has 1 fully saturated rings. The normalized spacial score (nSPS) is 16.7. The van der Waals surface area contributed by atoms with Gasteiger partial charge in [0.25, 0.3) is 0 Å².